The summed E-state index contributed by atoms with van der Waals surface area (Å²) >= 11 is 0. The molecule has 5 nitrogen and oxygen atoms in total. The topological polar surface area (TPSA) is 57.3 Å². The first-order valence-electron chi connectivity index (χ1n) is 8.94. The molecule has 0 saturated carbocycles. The van der Waals surface area contributed by atoms with Crippen molar-refractivity contribution in [2.75, 3.05) is 36.2 Å². The Morgan fingerprint density at radius 1 is 0.926 bits per heavy atom. The summed E-state index contributed by atoms with van der Waals surface area (Å²) in [5.41, 5.74) is 4.40. The van der Waals surface area contributed by atoms with Crippen LogP contribution in [-0.4, -0.2) is 31.5 Å². The highest BCUT2D eigenvalue weighted by molar-refractivity contribution is 6.03. The third kappa shape index (κ3) is 5.31. The maximum atomic E-state index is 12.3. The molecule has 1 amide bonds. The van der Waals surface area contributed by atoms with Gasteiger partial charge in [0.1, 0.15) is 5.69 Å². The molecule has 138 valence electrons. The first kappa shape index (κ1) is 18.5. The van der Waals surface area contributed by atoms with Crippen LogP contribution in [0.2, 0.25) is 0 Å². The Morgan fingerprint density at radius 3 is 2.26 bits per heavy atom. The van der Waals surface area contributed by atoms with Gasteiger partial charge in [0.05, 0.1) is 11.9 Å². The second kappa shape index (κ2) is 8.85. The number of carbonyl (C=O) groups excluding carboxylic acids is 1. The average molecular weight is 360 g/mol. The standard InChI is InChI=1S/C22H24N4O/c1-26(2)20-11-8-18(9-12-20)25-22(27)21-13-10-19(16-24-21)23-15-14-17-6-4-3-5-7-17/h3-13,16,23H,14-15H2,1-2H3,(H,25,27). The first-order chi connectivity index (χ1) is 13.1. The molecule has 0 aliphatic carbocycles. The van der Waals surface area contributed by atoms with Crippen molar-refractivity contribution in [2.24, 2.45) is 0 Å². The van der Waals surface area contributed by atoms with Crippen LogP contribution in [0.4, 0.5) is 17.1 Å². The summed E-state index contributed by atoms with van der Waals surface area (Å²) in [5.74, 6) is -0.219. The largest absolute Gasteiger partial charge is 0.383 e. The second-order valence-electron chi connectivity index (χ2n) is 6.49. The molecule has 2 N–H and O–H groups in total. The summed E-state index contributed by atoms with van der Waals surface area (Å²) < 4.78 is 0. The second-order valence-corrected chi connectivity index (χ2v) is 6.49. The van der Waals surface area contributed by atoms with Crippen LogP contribution in [-0.2, 0) is 6.42 Å². The number of aromatic nitrogens is 1. The maximum Gasteiger partial charge on any atom is 0.274 e. The fraction of sp³-hybridized carbons (Fsp3) is 0.182. The average Bonchev–Trinajstić information content (AvgIpc) is 2.70. The van der Waals surface area contributed by atoms with Crippen molar-refractivity contribution in [3.05, 3.63) is 84.2 Å². The molecule has 1 aromatic heterocycles. The summed E-state index contributed by atoms with van der Waals surface area (Å²) in [6, 6.07) is 21.6. The number of nitrogens with one attached hydrogen (secondary N) is 2. The molecule has 0 unspecified atom stereocenters. The van der Waals surface area contributed by atoms with E-state index in [4.69, 9.17) is 0 Å². The Balaban J connectivity index is 1.52. The van der Waals surface area contributed by atoms with E-state index in [-0.39, 0.29) is 5.91 Å². The third-order valence-electron chi connectivity index (χ3n) is 4.22. The van der Waals surface area contributed by atoms with E-state index in [1.807, 2.05) is 67.5 Å². The minimum atomic E-state index is -0.219. The lowest BCUT2D eigenvalue weighted by molar-refractivity contribution is 0.102. The number of rotatable bonds is 7. The van der Waals surface area contributed by atoms with Gasteiger partial charge < -0.3 is 15.5 Å². The normalized spacial score (nSPS) is 10.3. The van der Waals surface area contributed by atoms with E-state index in [1.165, 1.54) is 5.56 Å². The molecule has 3 aromatic rings. The van der Waals surface area contributed by atoms with Crippen molar-refractivity contribution < 1.29 is 4.79 Å². The zero-order valence-corrected chi connectivity index (χ0v) is 15.6. The Hall–Kier alpha value is -3.34. The quantitative estimate of drug-likeness (QED) is 0.667. The molecule has 0 aliphatic heterocycles. The van der Waals surface area contributed by atoms with Gasteiger partial charge in [0, 0.05) is 32.0 Å². The summed E-state index contributed by atoms with van der Waals surface area (Å²) in [6.45, 7) is 0.815. The molecule has 0 aliphatic rings. The van der Waals surface area contributed by atoms with Crippen molar-refractivity contribution in [3.63, 3.8) is 0 Å². The molecule has 0 fully saturated rings. The van der Waals surface area contributed by atoms with Gasteiger partial charge in [0.25, 0.3) is 5.91 Å². The predicted molar refractivity (Wildman–Crippen MR) is 112 cm³/mol. The van der Waals surface area contributed by atoms with E-state index in [2.05, 4.69) is 27.8 Å². The van der Waals surface area contributed by atoms with E-state index < -0.39 is 0 Å². The number of nitrogens with zero attached hydrogens (tertiary/aromatic N) is 2. The molecular formula is C22H24N4O. The third-order valence-corrected chi connectivity index (χ3v) is 4.22. The molecule has 0 spiro atoms. The molecule has 0 radical (unpaired) electrons. The van der Waals surface area contributed by atoms with Crippen molar-refractivity contribution >= 4 is 23.0 Å². The lowest BCUT2D eigenvalue weighted by Crippen LogP contribution is -2.14. The minimum Gasteiger partial charge on any atom is -0.383 e. The van der Waals surface area contributed by atoms with Gasteiger partial charge in [0.2, 0.25) is 0 Å². The van der Waals surface area contributed by atoms with E-state index in [9.17, 15) is 4.79 Å². The van der Waals surface area contributed by atoms with Gasteiger partial charge in [-0.1, -0.05) is 30.3 Å². The maximum absolute atomic E-state index is 12.3. The van der Waals surface area contributed by atoms with Gasteiger partial charge in [-0.3, -0.25) is 4.79 Å². The molecule has 3 rings (SSSR count). The van der Waals surface area contributed by atoms with Gasteiger partial charge in [-0.2, -0.15) is 0 Å². The fourth-order valence-corrected chi connectivity index (χ4v) is 2.67. The zero-order chi connectivity index (χ0) is 19.1. The van der Waals surface area contributed by atoms with Crippen LogP contribution in [0.3, 0.4) is 0 Å². The van der Waals surface area contributed by atoms with Crippen LogP contribution in [0.1, 0.15) is 16.1 Å². The van der Waals surface area contributed by atoms with E-state index in [0.717, 1.165) is 30.0 Å². The van der Waals surface area contributed by atoms with Gasteiger partial charge in [-0.25, -0.2) is 4.98 Å². The number of anilines is 3. The van der Waals surface area contributed by atoms with Crippen molar-refractivity contribution in [1.82, 2.24) is 4.98 Å². The van der Waals surface area contributed by atoms with Crippen LogP contribution in [0.5, 0.6) is 0 Å². The lowest BCUT2D eigenvalue weighted by Gasteiger charge is -2.13. The first-order valence-corrected chi connectivity index (χ1v) is 8.94. The number of benzene rings is 2. The Bertz CT molecular complexity index is 859. The summed E-state index contributed by atoms with van der Waals surface area (Å²) in [5, 5.41) is 6.20. The Labute approximate surface area is 160 Å². The van der Waals surface area contributed by atoms with Gasteiger partial charge in [0.15, 0.2) is 0 Å². The Kier molecular flexibility index (Phi) is 6.05. The SMILES string of the molecule is CN(C)c1ccc(NC(=O)c2ccc(NCCc3ccccc3)cn2)cc1. The molecule has 0 saturated heterocycles. The van der Waals surface area contributed by atoms with Crippen LogP contribution in [0.15, 0.2) is 72.9 Å². The summed E-state index contributed by atoms with van der Waals surface area (Å²) in [7, 11) is 3.96. The highest BCUT2D eigenvalue weighted by Gasteiger charge is 2.08. The fourth-order valence-electron chi connectivity index (χ4n) is 2.67. The monoisotopic (exact) mass is 360 g/mol. The van der Waals surface area contributed by atoms with Crippen LogP contribution in [0.25, 0.3) is 0 Å². The van der Waals surface area contributed by atoms with E-state index >= 15 is 0 Å². The molecule has 0 atom stereocenters. The highest BCUT2D eigenvalue weighted by Crippen LogP contribution is 2.16. The Morgan fingerprint density at radius 2 is 1.63 bits per heavy atom. The van der Waals surface area contributed by atoms with Crippen LogP contribution in [0, 0.1) is 0 Å². The molecule has 27 heavy (non-hydrogen) atoms. The van der Waals surface area contributed by atoms with E-state index in [1.54, 1.807) is 12.3 Å². The predicted octanol–water partition coefficient (Wildman–Crippen LogP) is 4.05. The lowest BCUT2D eigenvalue weighted by atomic mass is 10.1. The number of hydrogen-bond acceptors (Lipinski definition) is 4. The van der Waals surface area contributed by atoms with Crippen molar-refractivity contribution in [3.8, 4) is 0 Å². The van der Waals surface area contributed by atoms with Crippen LogP contribution < -0.4 is 15.5 Å². The molecule has 5 heteroatoms. The zero-order valence-electron chi connectivity index (χ0n) is 15.6. The number of carbonyl (C=O) groups is 1. The summed E-state index contributed by atoms with van der Waals surface area (Å²) in [4.78, 5) is 18.6. The van der Waals surface area contributed by atoms with E-state index in [0.29, 0.717) is 5.69 Å². The van der Waals surface area contributed by atoms with Crippen LogP contribution >= 0.6 is 0 Å². The smallest absolute Gasteiger partial charge is 0.274 e. The molecule has 0 bridgehead atoms. The van der Waals surface area contributed by atoms with Crippen molar-refractivity contribution in [2.45, 2.75) is 6.42 Å². The molecule has 2 aromatic carbocycles. The number of hydrogen-bond donors (Lipinski definition) is 2. The van der Waals surface area contributed by atoms with Crippen molar-refractivity contribution in [1.29, 1.82) is 0 Å². The molecular weight excluding hydrogens is 336 g/mol. The van der Waals surface area contributed by atoms with Gasteiger partial charge >= 0.3 is 0 Å². The minimum absolute atomic E-state index is 0.219. The molecule has 1 heterocycles. The van der Waals surface area contributed by atoms with Gasteiger partial charge in [-0.05, 0) is 48.4 Å². The highest BCUT2D eigenvalue weighted by atomic mass is 16.1. The number of pyridine rings is 1. The van der Waals surface area contributed by atoms with Gasteiger partial charge in [-0.15, -0.1) is 0 Å². The summed E-state index contributed by atoms with van der Waals surface area (Å²) in [6.07, 6.45) is 2.63. The number of amides is 1.